The van der Waals surface area contributed by atoms with Crippen molar-refractivity contribution in [2.45, 2.75) is 6.92 Å². The van der Waals surface area contributed by atoms with Crippen LogP contribution in [-0.2, 0) is 0 Å². The topological polar surface area (TPSA) is 62.0 Å². The minimum Gasteiger partial charge on any atom is -0.352 e. The second kappa shape index (κ2) is 5.56. The van der Waals surface area contributed by atoms with Crippen molar-refractivity contribution >= 4 is 17.5 Å². The quantitative estimate of drug-likeness (QED) is 0.755. The summed E-state index contributed by atoms with van der Waals surface area (Å²) in [6.45, 7) is 2.44. The fraction of sp³-hybridized carbons (Fsp3) is 0.400. The molecule has 0 radical (unpaired) electrons. The van der Waals surface area contributed by atoms with Gasteiger partial charge in [-0.2, -0.15) is 0 Å². The average molecular weight is 229 g/mol. The lowest BCUT2D eigenvalue weighted by Gasteiger charge is -2.08. The van der Waals surface area contributed by atoms with Crippen LogP contribution in [0.5, 0.6) is 0 Å². The normalized spacial score (nSPS) is 12.1. The first-order chi connectivity index (χ1) is 7.13. The molecule has 82 valence electrons. The van der Waals surface area contributed by atoms with Crippen LogP contribution in [0.25, 0.3) is 0 Å². The minimum atomic E-state index is -0.284. The van der Waals surface area contributed by atoms with Crippen molar-refractivity contribution in [1.82, 2.24) is 10.3 Å². The second-order valence-electron chi connectivity index (χ2n) is 3.41. The fourth-order valence-electron chi connectivity index (χ4n) is 1.01. The highest BCUT2D eigenvalue weighted by atomic mass is 35.5. The summed E-state index contributed by atoms with van der Waals surface area (Å²) < 4.78 is 0. The molecule has 1 heterocycles. The van der Waals surface area contributed by atoms with E-state index in [1.54, 1.807) is 6.07 Å². The molecule has 5 heteroatoms. The number of aromatic nitrogens is 1. The molecule has 0 spiro atoms. The Morgan fingerprint density at radius 1 is 1.67 bits per heavy atom. The Balaban J connectivity index is 2.58. The molecule has 1 unspecified atom stereocenters. The first-order valence-corrected chi connectivity index (χ1v) is 5.20. The summed E-state index contributed by atoms with van der Waals surface area (Å²) in [6.07, 6.45) is 1.45. The van der Waals surface area contributed by atoms with E-state index in [0.29, 0.717) is 18.0 Å². The number of carbonyl (C=O) groups excluding carboxylic acids is 1. The van der Waals surface area contributed by atoms with Crippen molar-refractivity contribution < 1.29 is 4.79 Å². The lowest BCUT2D eigenvalue weighted by Crippen LogP contribution is -2.29. The number of alkyl halides is 1. The molecule has 0 fully saturated rings. The molecule has 0 aliphatic heterocycles. The van der Waals surface area contributed by atoms with Crippen LogP contribution in [0, 0.1) is 5.92 Å². The Bertz CT molecular complexity index is 389. The molecule has 0 aliphatic rings. The Morgan fingerprint density at radius 3 is 3.00 bits per heavy atom. The van der Waals surface area contributed by atoms with Crippen LogP contribution in [0.1, 0.15) is 17.3 Å². The molecule has 0 aromatic carbocycles. The first-order valence-electron chi connectivity index (χ1n) is 4.66. The molecular weight excluding hydrogens is 216 g/mol. The van der Waals surface area contributed by atoms with Crippen molar-refractivity contribution in [3.63, 3.8) is 0 Å². The zero-order chi connectivity index (χ0) is 11.3. The van der Waals surface area contributed by atoms with E-state index in [9.17, 15) is 9.59 Å². The zero-order valence-electron chi connectivity index (χ0n) is 8.42. The van der Waals surface area contributed by atoms with E-state index in [2.05, 4.69) is 10.3 Å². The van der Waals surface area contributed by atoms with Gasteiger partial charge in [0.25, 0.3) is 5.91 Å². The van der Waals surface area contributed by atoms with Gasteiger partial charge in [-0.1, -0.05) is 6.92 Å². The van der Waals surface area contributed by atoms with Crippen LogP contribution in [0.2, 0.25) is 0 Å². The first kappa shape index (κ1) is 11.8. The molecule has 1 amide bonds. The third-order valence-corrected chi connectivity index (χ3v) is 2.44. The standard InChI is InChI=1S/C10H13ClN2O2/c1-7(5-11)6-13-10(15)8-2-3-12-9(14)4-8/h2-4,7H,5-6H2,1H3,(H,12,14)(H,13,15). The average Bonchev–Trinajstić information content (AvgIpc) is 2.25. The lowest BCUT2D eigenvalue weighted by molar-refractivity contribution is 0.0949. The molecular formula is C10H13ClN2O2. The highest BCUT2D eigenvalue weighted by Crippen LogP contribution is 1.97. The maximum atomic E-state index is 11.5. The number of pyridine rings is 1. The summed E-state index contributed by atoms with van der Waals surface area (Å²) in [5.41, 5.74) is 0.0774. The number of nitrogens with one attached hydrogen (secondary N) is 2. The summed E-state index contributed by atoms with van der Waals surface area (Å²) in [5, 5.41) is 2.70. The van der Waals surface area contributed by atoms with Gasteiger partial charge in [-0.05, 0) is 12.0 Å². The molecule has 0 aliphatic carbocycles. The van der Waals surface area contributed by atoms with Gasteiger partial charge in [0.15, 0.2) is 0 Å². The highest BCUT2D eigenvalue weighted by Gasteiger charge is 2.07. The smallest absolute Gasteiger partial charge is 0.251 e. The summed E-state index contributed by atoms with van der Waals surface area (Å²) in [6, 6.07) is 2.82. The SMILES string of the molecule is CC(CCl)CNC(=O)c1cc[nH]c(=O)c1. The summed E-state index contributed by atoms with van der Waals surface area (Å²) in [5.74, 6) is 0.464. The molecule has 1 atom stereocenters. The van der Waals surface area contributed by atoms with Crippen LogP contribution in [-0.4, -0.2) is 23.3 Å². The Hall–Kier alpha value is -1.29. The Labute approximate surface area is 92.7 Å². The minimum absolute atomic E-state index is 0.220. The molecule has 4 nitrogen and oxygen atoms in total. The third-order valence-electron chi connectivity index (χ3n) is 1.91. The summed E-state index contributed by atoms with van der Waals surface area (Å²) in [7, 11) is 0. The van der Waals surface area contributed by atoms with E-state index < -0.39 is 0 Å². The second-order valence-corrected chi connectivity index (χ2v) is 3.72. The van der Waals surface area contributed by atoms with E-state index in [1.807, 2.05) is 6.92 Å². The monoisotopic (exact) mass is 228 g/mol. The largest absolute Gasteiger partial charge is 0.352 e. The molecule has 1 rings (SSSR count). The predicted octanol–water partition coefficient (Wildman–Crippen LogP) is 0.980. The Kier molecular flexibility index (Phi) is 4.37. The van der Waals surface area contributed by atoms with E-state index in [-0.39, 0.29) is 17.4 Å². The van der Waals surface area contributed by atoms with Gasteiger partial charge in [-0.3, -0.25) is 9.59 Å². The van der Waals surface area contributed by atoms with Gasteiger partial charge < -0.3 is 10.3 Å². The van der Waals surface area contributed by atoms with E-state index in [1.165, 1.54) is 12.3 Å². The zero-order valence-corrected chi connectivity index (χ0v) is 9.17. The number of halogens is 1. The van der Waals surface area contributed by atoms with Crippen molar-refractivity contribution in [3.05, 3.63) is 34.2 Å². The Morgan fingerprint density at radius 2 is 2.40 bits per heavy atom. The van der Waals surface area contributed by atoms with Gasteiger partial charge in [-0.25, -0.2) is 0 Å². The van der Waals surface area contributed by atoms with Crippen molar-refractivity contribution in [2.24, 2.45) is 5.92 Å². The molecule has 0 bridgehead atoms. The van der Waals surface area contributed by atoms with Crippen LogP contribution in [0.15, 0.2) is 23.1 Å². The van der Waals surface area contributed by atoms with Gasteiger partial charge in [-0.15, -0.1) is 11.6 Å². The van der Waals surface area contributed by atoms with Crippen LogP contribution in [0.3, 0.4) is 0 Å². The van der Waals surface area contributed by atoms with Crippen molar-refractivity contribution in [1.29, 1.82) is 0 Å². The molecule has 15 heavy (non-hydrogen) atoms. The highest BCUT2D eigenvalue weighted by molar-refractivity contribution is 6.18. The van der Waals surface area contributed by atoms with Crippen molar-refractivity contribution in [2.75, 3.05) is 12.4 Å². The van der Waals surface area contributed by atoms with Gasteiger partial charge >= 0.3 is 0 Å². The molecule has 2 N–H and O–H groups in total. The predicted molar refractivity (Wildman–Crippen MR) is 59.3 cm³/mol. The number of H-pyrrole nitrogens is 1. The van der Waals surface area contributed by atoms with Crippen LogP contribution >= 0.6 is 11.6 Å². The van der Waals surface area contributed by atoms with Gasteiger partial charge in [0.05, 0.1) is 0 Å². The fourth-order valence-corrected chi connectivity index (χ4v) is 1.12. The van der Waals surface area contributed by atoms with E-state index in [4.69, 9.17) is 11.6 Å². The van der Waals surface area contributed by atoms with Gasteiger partial charge in [0.1, 0.15) is 0 Å². The van der Waals surface area contributed by atoms with Gasteiger partial charge in [0.2, 0.25) is 5.56 Å². The molecule has 1 aromatic heterocycles. The maximum Gasteiger partial charge on any atom is 0.251 e. The summed E-state index contributed by atoms with van der Waals surface area (Å²) in [4.78, 5) is 24.9. The van der Waals surface area contributed by atoms with Crippen LogP contribution < -0.4 is 10.9 Å². The van der Waals surface area contributed by atoms with Gasteiger partial charge in [0, 0.05) is 30.3 Å². The number of amides is 1. The van der Waals surface area contributed by atoms with E-state index >= 15 is 0 Å². The van der Waals surface area contributed by atoms with Crippen molar-refractivity contribution in [3.8, 4) is 0 Å². The number of rotatable bonds is 4. The number of aromatic amines is 1. The molecule has 0 saturated carbocycles. The number of hydrogen-bond acceptors (Lipinski definition) is 2. The number of hydrogen-bond donors (Lipinski definition) is 2. The number of carbonyl (C=O) groups is 1. The molecule has 0 saturated heterocycles. The third kappa shape index (κ3) is 3.75. The van der Waals surface area contributed by atoms with Crippen LogP contribution in [0.4, 0.5) is 0 Å². The lowest BCUT2D eigenvalue weighted by atomic mass is 10.2. The van der Waals surface area contributed by atoms with E-state index in [0.717, 1.165) is 0 Å². The maximum absolute atomic E-state index is 11.5. The summed E-state index contributed by atoms with van der Waals surface area (Å²) >= 11 is 5.60. The molecule has 1 aromatic rings.